The summed E-state index contributed by atoms with van der Waals surface area (Å²) < 4.78 is 22.3. The van der Waals surface area contributed by atoms with Crippen molar-refractivity contribution in [3.05, 3.63) is 43.1 Å². The van der Waals surface area contributed by atoms with Gasteiger partial charge in [-0.15, -0.1) is 0 Å². The van der Waals surface area contributed by atoms with Gasteiger partial charge in [-0.1, -0.05) is 6.07 Å². The van der Waals surface area contributed by atoms with Crippen LogP contribution in [0.3, 0.4) is 0 Å². The number of hydrogen-bond acceptors (Lipinski definition) is 8. The molecular formula is C32H39N7O4. The number of benzene rings is 1. The quantitative estimate of drug-likeness (QED) is 0.291. The molecule has 4 aromatic rings. The van der Waals surface area contributed by atoms with E-state index in [1.807, 2.05) is 43.3 Å². The fourth-order valence-corrected chi connectivity index (χ4v) is 6.32. The molecule has 43 heavy (non-hydrogen) atoms. The molecule has 7 rings (SSSR count). The van der Waals surface area contributed by atoms with E-state index >= 15 is 0 Å². The molecule has 1 aromatic carbocycles. The van der Waals surface area contributed by atoms with Gasteiger partial charge in [-0.2, -0.15) is 5.10 Å². The van der Waals surface area contributed by atoms with Crippen LogP contribution in [0.2, 0.25) is 0 Å². The minimum absolute atomic E-state index is 0.0702. The molecule has 2 saturated heterocycles. The number of carbonyl (C=O) groups is 1. The van der Waals surface area contributed by atoms with Crippen molar-refractivity contribution < 1.29 is 19.0 Å². The van der Waals surface area contributed by atoms with Gasteiger partial charge in [0.05, 0.1) is 42.7 Å². The Kier molecular flexibility index (Phi) is 6.87. The van der Waals surface area contributed by atoms with Crippen LogP contribution in [0.25, 0.3) is 33.5 Å². The minimum atomic E-state index is -0.548. The molecule has 2 atom stereocenters. The third-order valence-electron chi connectivity index (χ3n) is 8.86. The van der Waals surface area contributed by atoms with E-state index in [0.29, 0.717) is 24.7 Å². The maximum Gasteiger partial charge on any atom is 0.410 e. The summed E-state index contributed by atoms with van der Waals surface area (Å²) in [5.74, 6) is 0.430. The Bertz CT molecular complexity index is 1640. The Morgan fingerprint density at radius 2 is 1.95 bits per heavy atom. The normalized spacial score (nSPS) is 21.7. The number of ether oxygens (including phenoxy) is 3. The van der Waals surface area contributed by atoms with Crippen LogP contribution in [0, 0.1) is 5.41 Å². The van der Waals surface area contributed by atoms with E-state index in [-0.39, 0.29) is 23.8 Å². The zero-order chi connectivity index (χ0) is 29.8. The lowest BCUT2D eigenvalue weighted by atomic mass is 9.90. The number of aromatic nitrogens is 6. The summed E-state index contributed by atoms with van der Waals surface area (Å²) in [6.07, 6.45) is 12.6. The number of fused-ring (bicyclic) bond motifs is 1. The van der Waals surface area contributed by atoms with Crippen LogP contribution in [0.1, 0.15) is 65.5 Å². The first kappa shape index (κ1) is 27.8. The number of carbonyl (C=O) groups excluding carboxylic acids is 1. The first-order chi connectivity index (χ1) is 20.7. The van der Waals surface area contributed by atoms with Crippen molar-refractivity contribution in [1.82, 2.24) is 34.2 Å². The molecule has 3 aromatic heterocycles. The van der Waals surface area contributed by atoms with E-state index in [4.69, 9.17) is 24.3 Å². The summed E-state index contributed by atoms with van der Waals surface area (Å²) in [6, 6.07) is 6.34. The lowest BCUT2D eigenvalue weighted by molar-refractivity contribution is -0.0365. The fourth-order valence-electron chi connectivity index (χ4n) is 6.32. The number of likely N-dealkylation sites (tertiary alicyclic amines) is 1. The highest BCUT2D eigenvalue weighted by molar-refractivity contribution is 5.95. The molecule has 1 spiro atoms. The van der Waals surface area contributed by atoms with E-state index in [2.05, 4.69) is 28.2 Å². The van der Waals surface area contributed by atoms with Gasteiger partial charge >= 0.3 is 6.09 Å². The topological polar surface area (TPSA) is 109 Å². The van der Waals surface area contributed by atoms with Gasteiger partial charge in [0.1, 0.15) is 23.1 Å². The number of nitrogens with zero attached hydrogens (tertiary/aromatic N) is 7. The molecular weight excluding hydrogens is 546 g/mol. The molecule has 226 valence electrons. The van der Waals surface area contributed by atoms with Crippen molar-refractivity contribution in [1.29, 1.82) is 0 Å². The Balaban J connectivity index is 1.22. The first-order valence-electron chi connectivity index (χ1n) is 15.3. The molecule has 11 heteroatoms. The van der Waals surface area contributed by atoms with Crippen molar-refractivity contribution in [2.45, 2.75) is 77.2 Å². The smallest absolute Gasteiger partial charge is 0.410 e. The number of amides is 1. The average Bonchev–Trinajstić information content (AvgIpc) is 3.46. The predicted molar refractivity (Wildman–Crippen MR) is 160 cm³/mol. The van der Waals surface area contributed by atoms with E-state index in [1.165, 1.54) is 0 Å². The van der Waals surface area contributed by atoms with Crippen molar-refractivity contribution >= 4 is 17.0 Å². The van der Waals surface area contributed by atoms with Crippen molar-refractivity contribution in [3.63, 3.8) is 0 Å². The number of aryl methyl sites for hydroxylation is 1. The maximum absolute atomic E-state index is 12.9. The zero-order valence-corrected chi connectivity index (χ0v) is 25.3. The molecule has 2 unspecified atom stereocenters. The van der Waals surface area contributed by atoms with E-state index in [1.54, 1.807) is 23.6 Å². The highest BCUT2D eigenvalue weighted by atomic mass is 16.6. The SMILES string of the molecule is Cn1cncc1-c1ccc2c(c1)c(-c1cncc(OC3CN(C(=O)OC(C)(C)C)CCC34CC4)n1)nn2C1CCCCO1. The van der Waals surface area contributed by atoms with Crippen LogP contribution < -0.4 is 4.74 Å². The summed E-state index contributed by atoms with van der Waals surface area (Å²) in [5.41, 5.74) is 3.92. The van der Waals surface area contributed by atoms with Crippen LogP contribution >= 0.6 is 0 Å². The molecule has 0 N–H and O–H groups in total. The number of hydrogen-bond donors (Lipinski definition) is 0. The standard InChI is InChI=1S/C32H39N7O4/c1-31(2,3)43-30(40)38-13-12-32(10-11-32)26(19-38)42-27-18-33-16-23(35-27)29-22-15-21(25-17-34-20-37(25)4)8-9-24(22)39(36-29)28-7-5-6-14-41-28/h8-9,15-18,20,26,28H,5-7,10-14,19H2,1-4H3. The Morgan fingerprint density at radius 1 is 1.09 bits per heavy atom. The van der Waals surface area contributed by atoms with Crippen LogP contribution in [-0.4, -0.2) is 71.7 Å². The minimum Gasteiger partial charge on any atom is -0.471 e. The van der Waals surface area contributed by atoms with E-state index in [0.717, 1.165) is 73.0 Å². The van der Waals surface area contributed by atoms with Gasteiger partial charge in [-0.25, -0.2) is 19.4 Å². The molecule has 1 saturated carbocycles. The van der Waals surface area contributed by atoms with Gasteiger partial charge < -0.3 is 23.7 Å². The van der Waals surface area contributed by atoms with Gasteiger partial charge in [0.2, 0.25) is 5.88 Å². The van der Waals surface area contributed by atoms with Gasteiger partial charge in [-0.05, 0) is 71.4 Å². The van der Waals surface area contributed by atoms with E-state index < -0.39 is 5.60 Å². The summed E-state index contributed by atoms with van der Waals surface area (Å²) in [5, 5.41) is 6.03. The number of imidazole rings is 1. The summed E-state index contributed by atoms with van der Waals surface area (Å²) in [4.78, 5) is 28.4. The van der Waals surface area contributed by atoms with Gasteiger partial charge in [0.25, 0.3) is 0 Å². The highest BCUT2D eigenvalue weighted by Gasteiger charge is 2.54. The highest BCUT2D eigenvalue weighted by Crippen LogP contribution is 2.55. The molecule has 1 aliphatic carbocycles. The second kappa shape index (κ2) is 10.6. The maximum atomic E-state index is 12.9. The lowest BCUT2D eigenvalue weighted by Crippen LogP contribution is -2.51. The third kappa shape index (κ3) is 5.46. The zero-order valence-electron chi connectivity index (χ0n) is 25.3. The summed E-state index contributed by atoms with van der Waals surface area (Å²) in [6.45, 7) is 7.52. The lowest BCUT2D eigenvalue weighted by Gasteiger charge is -2.39. The van der Waals surface area contributed by atoms with Crippen LogP contribution in [-0.2, 0) is 16.5 Å². The molecule has 2 aliphatic heterocycles. The van der Waals surface area contributed by atoms with Gasteiger partial charge in [-0.3, -0.25) is 4.98 Å². The molecule has 3 fully saturated rings. The van der Waals surface area contributed by atoms with Crippen LogP contribution in [0.5, 0.6) is 5.88 Å². The molecule has 1 amide bonds. The summed E-state index contributed by atoms with van der Waals surface area (Å²) in [7, 11) is 1.99. The second-order valence-electron chi connectivity index (χ2n) is 13.1. The van der Waals surface area contributed by atoms with E-state index in [9.17, 15) is 4.79 Å². The third-order valence-corrected chi connectivity index (χ3v) is 8.86. The van der Waals surface area contributed by atoms with Crippen LogP contribution in [0.4, 0.5) is 4.79 Å². The molecule has 5 heterocycles. The number of piperidine rings is 1. The molecule has 3 aliphatic rings. The van der Waals surface area contributed by atoms with Gasteiger partial charge in [0.15, 0.2) is 6.23 Å². The van der Waals surface area contributed by atoms with Crippen molar-refractivity contribution in [3.8, 4) is 28.5 Å². The van der Waals surface area contributed by atoms with Crippen molar-refractivity contribution in [2.24, 2.45) is 12.5 Å². The second-order valence-corrected chi connectivity index (χ2v) is 13.1. The first-order valence-corrected chi connectivity index (χ1v) is 15.3. The summed E-state index contributed by atoms with van der Waals surface area (Å²) >= 11 is 0. The Labute approximate surface area is 251 Å². The largest absolute Gasteiger partial charge is 0.471 e. The fraction of sp³-hybridized carbons (Fsp3) is 0.531. The van der Waals surface area contributed by atoms with Crippen molar-refractivity contribution in [2.75, 3.05) is 19.7 Å². The monoisotopic (exact) mass is 585 g/mol. The average molecular weight is 586 g/mol. The van der Waals surface area contributed by atoms with Crippen LogP contribution in [0.15, 0.2) is 43.1 Å². The number of rotatable bonds is 5. The molecule has 0 bridgehead atoms. The Morgan fingerprint density at radius 3 is 2.67 bits per heavy atom. The Hall–Kier alpha value is -3.99. The molecule has 0 radical (unpaired) electrons. The van der Waals surface area contributed by atoms with Gasteiger partial charge in [0, 0.05) is 36.6 Å². The molecule has 11 nitrogen and oxygen atoms in total. The predicted octanol–water partition coefficient (Wildman–Crippen LogP) is 5.76.